The number of rotatable bonds is 4. The number of fused-ring (bicyclic) bond motifs is 1. The van der Waals surface area contributed by atoms with E-state index in [1.54, 1.807) is 0 Å². The number of hydrogen-bond donors (Lipinski definition) is 0. The first-order valence-electron chi connectivity index (χ1n) is 7.68. The number of benzene rings is 2. The fourth-order valence-electron chi connectivity index (χ4n) is 2.56. The Labute approximate surface area is 163 Å². The van der Waals surface area contributed by atoms with E-state index in [0.29, 0.717) is 10.4 Å². The predicted molar refractivity (Wildman–Crippen MR) is 98.3 cm³/mol. The van der Waals surface area contributed by atoms with E-state index in [-0.39, 0.29) is 21.5 Å². The Balaban J connectivity index is 2.01. The summed E-state index contributed by atoms with van der Waals surface area (Å²) in [6.45, 7) is 0. The van der Waals surface area contributed by atoms with Gasteiger partial charge in [0.25, 0.3) is 0 Å². The second-order valence-electron chi connectivity index (χ2n) is 5.49. The van der Waals surface area contributed by atoms with Crippen molar-refractivity contribution in [3.05, 3.63) is 75.8 Å². The minimum atomic E-state index is -1.41. The Hall–Kier alpha value is -2.70. The molecule has 1 atom stereocenters. The molecular formula is C19H12Cl2FNO4. The first kappa shape index (κ1) is 19.1. The molecule has 0 saturated carbocycles. The number of halogens is 3. The second kappa shape index (κ2) is 7.90. The normalized spacial score (nSPS) is 11.9. The van der Waals surface area contributed by atoms with Crippen LogP contribution in [-0.4, -0.2) is 24.0 Å². The lowest BCUT2D eigenvalue weighted by Gasteiger charge is -2.18. The molecule has 0 aliphatic rings. The van der Waals surface area contributed by atoms with E-state index in [4.69, 9.17) is 32.7 Å². The van der Waals surface area contributed by atoms with Gasteiger partial charge in [0.1, 0.15) is 5.82 Å². The van der Waals surface area contributed by atoms with Crippen LogP contribution in [0.4, 0.5) is 4.39 Å². The molecule has 0 bridgehead atoms. The fourth-order valence-corrected chi connectivity index (χ4v) is 3.07. The molecule has 0 fully saturated rings. The van der Waals surface area contributed by atoms with Gasteiger partial charge in [0.15, 0.2) is 0 Å². The van der Waals surface area contributed by atoms with Crippen molar-refractivity contribution in [2.24, 2.45) is 0 Å². The van der Waals surface area contributed by atoms with Crippen LogP contribution in [0.5, 0.6) is 0 Å². The molecule has 0 N–H and O–H groups in total. The topological polar surface area (TPSA) is 65.5 Å². The van der Waals surface area contributed by atoms with Gasteiger partial charge in [0.05, 0.1) is 12.7 Å². The van der Waals surface area contributed by atoms with Gasteiger partial charge in [-0.2, -0.15) is 0 Å². The van der Waals surface area contributed by atoms with Crippen molar-refractivity contribution in [2.75, 3.05) is 7.11 Å². The number of hydrogen-bond acceptors (Lipinski definition) is 5. The van der Waals surface area contributed by atoms with Gasteiger partial charge < -0.3 is 9.47 Å². The van der Waals surface area contributed by atoms with Crippen LogP contribution in [0.25, 0.3) is 10.8 Å². The third kappa shape index (κ3) is 3.86. The summed E-state index contributed by atoms with van der Waals surface area (Å²) < 4.78 is 24.0. The summed E-state index contributed by atoms with van der Waals surface area (Å²) >= 11 is 12.0. The highest BCUT2D eigenvalue weighted by Gasteiger charge is 2.29. The molecular weight excluding hydrogens is 396 g/mol. The summed E-state index contributed by atoms with van der Waals surface area (Å²) in [5, 5.41) is 0.960. The minimum Gasteiger partial charge on any atom is -0.466 e. The SMILES string of the molecule is COC(=O)C(OC(=O)c1ccc(F)c2cnccc12)c1ccc(Cl)cc1Cl. The molecule has 1 heterocycles. The van der Waals surface area contributed by atoms with Crippen LogP contribution in [-0.2, 0) is 14.3 Å². The van der Waals surface area contributed by atoms with Crippen LogP contribution >= 0.6 is 23.2 Å². The van der Waals surface area contributed by atoms with Gasteiger partial charge in [-0.1, -0.05) is 29.3 Å². The first-order chi connectivity index (χ1) is 12.9. The van der Waals surface area contributed by atoms with Gasteiger partial charge in [-0.25, -0.2) is 14.0 Å². The molecule has 0 radical (unpaired) electrons. The van der Waals surface area contributed by atoms with Gasteiger partial charge in [-0.05, 0) is 30.3 Å². The van der Waals surface area contributed by atoms with Crippen molar-refractivity contribution in [3.63, 3.8) is 0 Å². The maximum atomic E-state index is 13.9. The molecule has 0 spiro atoms. The zero-order chi connectivity index (χ0) is 19.6. The van der Waals surface area contributed by atoms with Crippen LogP contribution < -0.4 is 0 Å². The van der Waals surface area contributed by atoms with Crippen molar-refractivity contribution in [1.82, 2.24) is 4.98 Å². The lowest BCUT2D eigenvalue weighted by molar-refractivity contribution is -0.151. The highest BCUT2D eigenvalue weighted by Crippen LogP contribution is 2.31. The van der Waals surface area contributed by atoms with Crippen LogP contribution in [0, 0.1) is 5.82 Å². The van der Waals surface area contributed by atoms with Gasteiger partial charge in [0.2, 0.25) is 6.10 Å². The van der Waals surface area contributed by atoms with Crippen LogP contribution in [0.3, 0.4) is 0 Å². The van der Waals surface area contributed by atoms with Gasteiger partial charge >= 0.3 is 11.9 Å². The number of esters is 2. The molecule has 1 aromatic heterocycles. The summed E-state index contributed by atoms with van der Waals surface area (Å²) in [7, 11) is 1.16. The average molecular weight is 408 g/mol. The first-order valence-corrected chi connectivity index (χ1v) is 8.44. The molecule has 0 amide bonds. The highest BCUT2D eigenvalue weighted by molar-refractivity contribution is 6.35. The fraction of sp³-hybridized carbons (Fsp3) is 0.105. The zero-order valence-electron chi connectivity index (χ0n) is 13.9. The van der Waals surface area contributed by atoms with E-state index in [1.165, 1.54) is 42.7 Å². The zero-order valence-corrected chi connectivity index (χ0v) is 15.4. The van der Waals surface area contributed by atoms with Crippen molar-refractivity contribution in [2.45, 2.75) is 6.10 Å². The third-order valence-corrected chi connectivity index (χ3v) is 4.43. The van der Waals surface area contributed by atoms with Crippen LogP contribution in [0.15, 0.2) is 48.8 Å². The molecule has 3 aromatic rings. The van der Waals surface area contributed by atoms with Crippen LogP contribution in [0.1, 0.15) is 22.0 Å². The summed E-state index contributed by atoms with van der Waals surface area (Å²) in [6, 6.07) is 8.27. The largest absolute Gasteiger partial charge is 0.466 e. The minimum absolute atomic E-state index is 0.0767. The van der Waals surface area contributed by atoms with Gasteiger partial charge in [-0.15, -0.1) is 0 Å². The molecule has 1 unspecified atom stereocenters. The van der Waals surface area contributed by atoms with Crippen molar-refractivity contribution >= 4 is 45.9 Å². The lowest BCUT2D eigenvalue weighted by Crippen LogP contribution is -2.21. The number of nitrogens with zero attached hydrogens (tertiary/aromatic N) is 1. The summed E-state index contributed by atoms with van der Waals surface area (Å²) in [5.41, 5.74) is 0.294. The monoisotopic (exact) mass is 407 g/mol. The Morgan fingerprint density at radius 2 is 1.89 bits per heavy atom. The molecule has 3 rings (SSSR count). The van der Waals surface area contributed by atoms with Crippen molar-refractivity contribution in [3.8, 4) is 0 Å². The van der Waals surface area contributed by atoms with Gasteiger partial charge in [0, 0.05) is 38.8 Å². The Kier molecular flexibility index (Phi) is 5.58. The molecule has 0 aliphatic carbocycles. The standard InChI is InChI=1S/C19H12Cl2FNO4/c1-26-19(25)17(13-3-2-10(20)8-15(13)21)27-18(24)12-4-5-16(22)14-9-23-7-6-11(12)14/h2-9,17H,1H3. The summed E-state index contributed by atoms with van der Waals surface area (Å²) in [4.78, 5) is 28.7. The Morgan fingerprint density at radius 1 is 1.11 bits per heavy atom. The highest BCUT2D eigenvalue weighted by atomic mass is 35.5. The molecule has 138 valence electrons. The van der Waals surface area contributed by atoms with Gasteiger partial charge in [-0.3, -0.25) is 4.98 Å². The van der Waals surface area contributed by atoms with E-state index < -0.39 is 23.9 Å². The quantitative estimate of drug-likeness (QED) is 0.583. The van der Waals surface area contributed by atoms with Crippen molar-refractivity contribution < 1.29 is 23.5 Å². The molecule has 0 saturated heterocycles. The smallest absolute Gasteiger partial charge is 0.352 e. The number of ether oxygens (including phenoxy) is 2. The Bertz CT molecular complexity index is 1040. The van der Waals surface area contributed by atoms with E-state index in [0.717, 1.165) is 13.2 Å². The molecule has 5 nitrogen and oxygen atoms in total. The second-order valence-corrected chi connectivity index (χ2v) is 6.33. The number of pyridine rings is 1. The Morgan fingerprint density at radius 3 is 2.59 bits per heavy atom. The van der Waals surface area contributed by atoms with E-state index in [9.17, 15) is 14.0 Å². The average Bonchev–Trinajstić information content (AvgIpc) is 2.66. The summed E-state index contributed by atoms with van der Waals surface area (Å²) in [6.07, 6.45) is 1.32. The maximum Gasteiger partial charge on any atom is 0.352 e. The number of aromatic nitrogens is 1. The molecule has 8 heteroatoms. The predicted octanol–water partition coefficient (Wildman–Crippen LogP) is 4.75. The van der Waals surface area contributed by atoms with E-state index in [2.05, 4.69) is 4.98 Å². The lowest BCUT2D eigenvalue weighted by atomic mass is 10.1. The molecule has 0 aliphatic heterocycles. The maximum absolute atomic E-state index is 13.9. The van der Waals surface area contributed by atoms with E-state index >= 15 is 0 Å². The number of carbonyl (C=O) groups is 2. The van der Waals surface area contributed by atoms with Crippen LogP contribution in [0.2, 0.25) is 10.0 Å². The van der Waals surface area contributed by atoms with Crippen molar-refractivity contribution in [1.29, 1.82) is 0 Å². The molecule has 27 heavy (non-hydrogen) atoms. The third-order valence-electron chi connectivity index (χ3n) is 3.87. The number of methoxy groups -OCH3 is 1. The number of carbonyl (C=O) groups excluding carboxylic acids is 2. The summed E-state index contributed by atoms with van der Waals surface area (Å²) in [5.74, 6) is -2.19. The van der Waals surface area contributed by atoms with E-state index in [1.807, 2.05) is 0 Å². The molecule has 2 aromatic carbocycles.